The van der Waals surface area contributed by atoms with Crippen molar-refractivity contribution in [1.82, 2.24) is 10.1 Å². The van der Waals surface area contributed by atoms with Gasteiger partial charge >= 0.3 is 0 Å². The average Bonchev–Trinajstić information content (AvgIpc) is 2.88. The van der Waals surface area contributed by atoms with Gasteiger partial charge in [0.1, 0.15) is 11.6 Å². The summed E-state index contributed by atoms with van der Waals surface area (Å²) >= 11 is 0. The fraction of sp³-hybridized carbons (Fsp3) is 0.0667. The fourth-order valence-electron chi connectivity index (χ4n) is 1.97. The van der Waals surface area contributed by atoms with Gasteiger partial charge in [0.25, 0.3) is 5.89 Å². The van der Waals surface area contributed by atoms with Crippen molar-refractivity contribution in [2.24, 2.45) is 0 Å². The number of rotatable bonds is 2. The van der Waals surface area contributed by atoms with E-state index in [1.165, 1.54) is 12.1 Å². The van der Waals surface area contributed by atoms with Crippen LogP contribution in [0.15, 0.2) is 47.0 Å². The summed E-state index contributed by atoms with van der Waals surface area (Å²) in [6, 6.07) is 10.9. The van der Waals surface area contributed by atoms with Crippen molar-refractivity contribution < 1.29 is 14.0 Å². The highest BCUT2D eigenvalue weighted by Crippen LogP contribution is 2.27. The van der Waals surface area contributed by atoms with E-state index in [0.29, 0.717) is 17.3 Å². The molecule has 0 saturated carbocycles. The average molecular weight is 270 g/mol. The van der Waals surface area contributed by atoms with Gasteiger partial charge in [-0.2, -0.15) is 4.98 Å². The number of aromatic nitrogens is 2. The van der Waals surface area contributed by atoms with Crippen LogP contribution in [-0.4, -0.2) is 15.2 Å². The molecule has 0 aliphatic rings. The predicted molar refractivity (Wildman–Crippen MR) is 71.5 cm³/mol. The zero-order valence-electron chi connectivity index (χ0n) is 10.7. The van der Waals surface area contributed by atoms with Crippen LogP contribution < -0.4 is 0 Å². The largest absolute Gasteiger partial charge is 0.508 e. The molecule has 0 bridgehead atoms. The Morgan fingerprint density at radius 2 is 2.00 bits per heavy atom. The minimum atomic E-state index is -0.352. The van der Waals surface area contributed by atoms with Crippen molar-refractivity contribution >= 4 is 0 Å². The standard InChI is InChI=1S/C15H11FN2O2/c1-9-7-12(19)5-6-13(9)15-17-14(18-20-15)10-3-2-4-11(16)8-10/h2-8,19H,1H3. The smallest absolute Gasteiger partial charge is 0.258 e. The number of hydrogen-bond donors (Lipinski definition) is 1. The van der Waals surface area contributed by atoms with Crippen LogP contribution in [0.4, 0.5) is 4.39 Å². The maximum Gasteiger partial charge on any atom is 0.258 e. The van der Waals surface area contributed by atoms with E-state index in [1.54, 1.807) is 30.3 Å². The molecule has 0 aliphatic heterocycles. The number of hydrogen-bond acceptors (Lipinski definition) is 4. The molecule has 100 valence electrons. The van der Waals surface area contributed by atoms with E-state index < -0.39 is 0 Å². The lowest BCUT2D eigenvalue weighted by Gasteiger charge is -2.00. The second kappa shape index (κ2) is 4.77. The molecule has 2 aromatic carbocycles. The Balaban J connectivity index is 2.02. The Morgan fingerprint density at radius 1 is 1.15 bits per heavy atom. The number of aromatic hydroxyl groups is 1. The van der Waals surface area contributed by atoms with Crippen LogP contribution in [0.3, 0.4) is 0 Å². The molecule has 0 saturated heterocycles. The van der Waals surface area contributed by atoms with Gasteiger partial charge in [-0.1, -0.05) is 17.3 Å². The second-order valence-corrected chi connectivity index (χ2v) is 4.43. The van der Waals surface area contributed by atoms with Crippen LogP contribution in [0.1, 0.15) is 5.56 Å². The number of phenolic OH excluding ortho intramolecular Hbond substituents is 1. The van der Waals surface area contributed by atoms with Gasteiger partial charge in [-0.05, 0) is 42.8 Å². The Labute approximate surface area is 114 Å². The van der Waals surface area contributed by atoms with E-state index >= 15 is 0 Å². The molecule has 5 heteroatoms. The van der Waals surface area contributed by atoms with Crippen LogP contribution in [0.2, 0.25) is 0 Å². The molecule has 4 nitrogen and oxygen atoms in total. The molecule has 20 heavy (non-hydrogen) atoms. The molecular formula is C15H11FN2O2. The lowest BCUT2D eigenvalue weighted by atomic mass is 10.1. The highest BCUT2D eigenvalue weighted by atomic mass is 19.1. The molecule has 0 unspecified atom stereocenters. The Kier molecular flexibility index (Phi) is 2.95. The Bertz CT molecular complexity index is 768. The van der Waals surface area contributed by atoms with Crippen LogP contribution >= 0.6 is 0 Å². The molecule has 0 atom stereocenters. The molecule has 3 aromatic rings. The van der Waals surface area contributed by atoms with Gasteiger partial charge in [0.15, 0.2) is 0 Å². The zero-order chi connectivity index (χ0) is 14.1. The lowest BCUT2D eigenvalue weighted by Crippen LogP contribution is -1.84. The van der Waals surface area contributed by atoms with E-state index in [0.717, 1.165) is 11.1 Å². The molecule has 0 amide bonds. The van der Waals surface area contributed by atoms with E-state index in [4.69, 9.17) is 4.52 Å². The van der Waals surface area contributed by atoms with E-state index in [2.05, 4.69) is 10.1 Å². The lowest BCUT2D eigenvalue weighted by molar-refractivity contribution is 0.432. The van der Waals surface area contributed by atoms with Gasteiger partial charge < -0.3 is 9.63 Å². The number of aryl methyl sites for hydroxylation is 1. The number of halogens is 1. The maximum atomic E-state index is 13.2. The third kappa shape index (κ3) is 2.25. The van der Waals surface area contributed by atoms with Gasteiger partial charge in [0, 0.05) is 11.1 Å². The highest BCUT2D eigenvalue weighted by Gasteiger charge is 2.13. The first-order chi connectivity index (χ1) is 9.63. The minimum Gasteiger partial charge on any atom is -0.508 e. The summed E-state index contributed by atoms with van der Waals surface area (Å²) in [6.45, 7) is 1.83. The number of phenols is 1. The molecule has 1 aromatic heterocycles. The monoisotopic (exact) mass is 270 g/mol. The van der Waals surface area contributed by atoms with Crippen LogP contribution in [-0.2, 0) is 0 Å². The quantitative estimate of drug-likeness (QED) is 0.773. The maximum absolute atomic E-state index is 13.2. The topological polar surface area (TPSA) is 59.2 Å². The van der Waals surface area contributed by atoms with Crippen molar-refractivity contribution in [2.75, 3.05) is 0 Å². The number of benzene rings is 2. The van der Waals surface area contributed by atoms with Crippen LogP contribution in [0, 0.1) is 12.7 Å². The van der Waals surface area contributed by atoms with E-state index in [9.17, 15) is 9.50 Å². The van der Waals surface area contributed by atoms with Crippen LogP contribution in [0.25, 0.3) is 22.8 Å². The van der Waals surface area contributed by atoms with Crippen molar-refractivity contribution in [3.05, 3.63) is 53.8 Å². The normalized spacial score (nSPS) is 10.7. The van der Waals surface area contributed by atoms with Gasteiger partial charge in [0.05, 0.1) is 0 Å². The molecule has 1 N–H and O–H groups in total. The van der Waals surface area contributed by atoms with Crippen molar-refractivity contribution in [2.45, 2.75) is 6.92 Å². The van der Waals surface area contributed by atoms with Gasteiger partial charge in [0.2, 0.25) is 5.82 Å². The Morgan fingerprint density at radius 3 is 2.75 bits per heavy atom. The summed E-state index contributed by atoms with van der Waals surface area (Å²) in [5, 5.41) is 13.2. The van der Waals surface area contributed by atoms with Gasteiger partial charge in [-0.25, -0.2) is 4.39 Å². The fourth-order valence-corrected chi connectivity index (χ4v) is 1.97. The first kappa shape index (κ1) is 12.3. The third-order valence-corrected chi connectivity index (χ3v) is 2.95. The zero-order valence-corrected chi connectivity index (χ0v) is 10.7. The van der Waals surface area contributed by atoms with Crippen LogP contribution in [0.5, 0.6) is 5.75 Å². The van der Waals surface area contributed by atoms with Crippen molar-refractivity contribution in [3.63, 3.8) is 0 Å². The molecule has 0 fully saturated rings. The summed E-state index contributed by atoms with van der Waals surface area (Å²) in [6.07, 6.45) is 0. The highest BCUT2D eigenvalue weighted by molar-refractivity contribution is 5.63. The first-order valence-corrected chi connectivity index (χ1v) is 6.03. The summed E-state index contributed by atoms with van der Waals surface area (Å²) in [4.78, 5) is 4.26. The van der Waals surface area contributed by atoms with Gasteiger partial charge in [-0.3, -0.25) is 0 Å². The van der Waals surface area contributed by atoms with Crippen molar-refractivity contribution in [3.8, 4) is 28.6 Å². The van der Waals surface area contributed by atoms with E-state index in [-0.39, 0.29) is 11.6 Å². The summed E-state index contributed by atoms with van der Waals surface area (Å²) in [7, 11) is 0. The molecule has 0 aliphatic carbocycles. The second-order valence-electron chi connectivity index (χ2n) is 4.43. The molecule has 1 heterocycles. The summed E-state index contributed by atoms with van der Waals surface area (Å²) in [5.74, 6) is 0.486. The SMILES string of the molecule is Cc1cc(O)ccc1-c1nc(-c2cccc(F)c2)no1. The first-order valence-electron chi connectivity index (χ1n) is 6.03. The van der Waals surface area contributed by atoms with E-state index in [1.807, 2.05) is 6.92 Å². The number of nitrogens with zero attached hydrogens (tertiary/aromatic N) is 2. The molecule has 3 rings (SSSR count). The molecule has 0 radical (unpaired) electrons. The molecule has 0 spiro atoms. The minimum absolute atomic E-state index is 0.177. The summed E-state index contributed by atoms with van der Waals surface area (Å²) < 4.78 is 18.4. The van der Waals surface area contributed by atoms with Crippen molar-refractivity contribution in [1.29, 1.82) is 0 Å². The van der Waals surface area contributed by atoms with Gasteiger partial charge in [-0.15, -0.1) is 0 Å². The summed E-state index contributed by atoms with van der Waals surface area (Å²) in [5.41, 5.74) is 2.11. The third-order valence-electron chi connectivity index (χ3n) is 2.95. The predicted octanol–water partition coefficient (Wildman–Crippen LogP) is 3.56. The Hall–Kier alpha value is -2.69. The molecular weight excluding hydrogens is 259 g/mol.